The second-order valence-corrected chi connectivity index (χ2v) is 5.69. The molecule has 2 aromatic carbocycles. The standard InChI is InChI=1S/C19H24FN3O3.HI/c1-13(26-17-6-4-5-15(20)10-17)11-22-19(21-2)23-12-14-9-16(25-3)7-8-18(14)24;/h4-10,13,24H,11-12H2,1-3H3,(H2,21,22,23);1H. The fourth-order valence-electron chi connectivity index (χ4n) is 2.28. The molecule has 0 amide bonds. The lowest BCUT2D eigenvalue weighted by Gasteiger charge is -2.18. The van der Waals surface area contributed by atoms with Crippen molar-refractivity contribution in [2.75, 3.05) is 20.7 Å². The summed E-state index contributed by atoms with van der Waals surface area (Å²) in [6, 6.07) is 11.1. The molecule has 2 rings (SSSR count). The highest BCUT2D eigenvalue weighted by atomic mass is 127. The normalized spacial score (nSPS) is 11.9. The van der Waals surface area contributed by atoms with Crippen molar-refractivity contribution in [2.45, 2.75) is 19.6 Å². The Morgan fingerprint density at radius 3 is 2.63 bits per heavy atom. The van der Waals surface area contributed by atoms with Crippen molar-refractivity contribution >= 4 is 29.9 Å². The molecule has 6 nitrogen and oxygen atoms in total. The molecule has 0 aliphatic heterocycles. The van der Waals surface area contributed by atoms with Gasteiger partial charge in [-0.15, -0.1) is 24.0 Å². The fraction of sp³-hybridized carbons (Fsp3) is 0.316. The van der Waals surface area contributed by atoms with Gasteiger partial charge in [0, 0.05) is 25.2 Å². The topological polar surface area (TPSA) is 75.1 Å². The number of benzene rings is 2. The van der Waals surface area contributed by atoms with Crippen LogP contribution in [0, 0.1) is 5.82 Å². The molecule has 0 saturated heterocycles. The van der Waals surface area contributed by atoms with Gasteiger partial charge in [0.15, 0.2) is 5.96 Å². The lowest BCUT2D eigenvalue weighted by Crippen LogP contribution is -2.41. The van der Waals surface area contributed by atoms with E-state index >= 15 is 0 Å². The van der Waals surface area contributed by atoms with E-state index < -0.39 is 0 Å². The molecule has 148 valence electrons. The number of aliphatic imine (C=N–C) groups is 1. The van der Waals surface area contributed by atoms with Gasteiger partial charge in [0.1, 0.15) is 29.2 Å². The van der Waals surface area contributed by atoms with Crippen LogP contribution in [0.1, 0.15) is 12.5 Å². The molecule has 3 N–H and O–H groups in total. The van der Waals surface area contributed by atoms with Crippen LogP contribution in [0.2, 0.25) is 0 Å². The van der Waals surface area contributed by atoms with Crippen molar-refractivity contribution in [3.63, 3.8) is 0 Å². The van der Waals surface area contributed by atoms with Gasteiger partial charge in [-0.3, -0.25) is 4.99 Å². The van der Waals surface area contributed by atoms with Gasteiger partial charge in [-0.25, -0.2) is 4.39 Å². The molecule has 27 heavy (non-hydrogen) atoms. The monoisotopic (exact) mass is 489 g/mol. The fourth-order valence-corrected chi connectivity index (χ4v) is 2.28. The number of nitrogens with one attached hydrogen (secondary N) is 2. The molecule has 0 fully saturated rings. The van der Waals surface area contributed by atoms with E-state index in [0.29, 0.717) is 36.1 Å². The maximum Gasteiger partial charge on any atom is 0.191 e. The van der Waals surface area contributed by atoms with Gasteiger partial charge in [-0.1, -0.05) is 6.07 Å². The summed E-state index contributed by atoms with van der Waals surface area (Å²) in [6.45, 7) is 2.72. The first-order valence-corrected chi connectivity index (χ1v) is 8.24. The van der Waals surface area contributed by atoms with Gasteiger partial charge in [0.2, 0.25) is 0 Å². The minimum Gasteiger partial charge on any atom is -0.508 e. The molecule has 0 saturated carbocycles. The molecular weight excluding hydrogens is 464 g/mol. The van der Waals surface area contributed by atoms with Gasteiger partial charge < -0.3 is 25.2 Å². The van der Waals surface area contributed by atoms with Crippen molar-refractivity contribution in [1.29, 1.82) is 0 Å². The highest BCUT2D eigenvalue weighted by Gasteiger charge is 2.08. The Morgan fingerprint density at radius 1 is 1.19 bits per heavy atom. The van der Waals surface area contributed by atoms with Crippen molar-refractivity contribution < 1.29 is 19.0 Å². The van der Waals surface area contributed by atoms with Crippen molar-refractivity contribution in [3.8, 4) is 17.2 Å². The number of methoxy groups -OCH3 is 1. The Labute approximate surface area is 175 Å². The number of hydrogen-bond donors (Lipinski definition) is 3. The molecule has 0 bridgehead atoms. The minimum atomic E-state index is -0.335. The number of hydrogen-bond acceptors (Lipinski definition) is 4. The average Bonchev–Trinajstić information content (AvgIpc) is 2.63. The third kappa shape index (κ3) is 7.49. The Morgan fingerprint density at radius 2 is 1.96 bits per heavy atom. The SMILES string of the molecule is CN=C(NCc1cc(OC)ccc1O)NCC(C)Oc1cccc(F)c1.I. The second kappa shape index (κ2) is 11.5. The Kier molecular flexibility index (Phi) is 9.70. The maximum atomic E-state index is 13.2. The van der Waals surface area contributed by atoms with Gasteiger partial charge in [0.25, 0.3) is 0 Å². The highest BCUT2D eigenvalue weighted by Crippen LogP contribution is 2.22. The Hall–Kier alpha value is -2.23. The Bertz CT molecular complexity index is 759. The number of halogens is 2. The molecule has 0 aliphatic rings. The zero-order chi connectivity index (χ0) is 18.9. The molecule has 0 radical (unpaired) electrons. The molecule has 1 unspecified atom stereocenters. The van der Waals surface area contributed by atoms with E-state index in [9.17, 15) is 9.50 Å². The van der Waals surface area contributed by atoms with Crippen LogP contribution in [0.15, 0.2) is 47.5 Å². The van der Waals surface area contributed by atoms with Crippen molar-refractivity contribution in [2.24, 2.45) is 4.99 Å². The summed E-state index contributed by atoms with van der Waals surface area (Å²) in [5.74, 6) is 1.54. The van der Waals surface area contributed by atoms with E-state index in [-0.39, 0.29) is 41.6 Å². The van der Waals surface area contributed by atoms with Crippen LogP contribution in [-0.2, 0) is 6.54 Å². The van der Waals surface area contributed by atoms with Gasteiger partial charge in [0.05, 0.1) is 13.7 Å². The van der Waals surface area contributed by atoms with Crippen LogP contribution < -0.4 is 20.1 Å². The smallest absolute Gasteiger partial charge is 0.191 e. The zero-order valence-electron chi connectivity index (χ0n) is 15.5. The van der Waals surface area contributed by atoms with Crippen molar-refractivity contribution in [1.82, 2.24) is 10.6 Å². The summed E-state index contributed by atoms with van der Waals surface area (Å²) in [4.78, 5) is 4.13. The van der Waals surface area contributed by atoms with Crippen LogP contribution >= 0.6 is 24.0 Å². The van der Waals surface area contributed by atoms with Gasteiger partial charge >= 0.3 is 0 Å². The van der Waals surface area contributed by atoms with E-state index in [1.165, 1.54) is 12.1 Å². The molecular formula is C19H25FIN3O3. The lowest BCUT2D eigenvalue weighted by molar-refractivity contribution is 0.223. The van der Waals surface area contributed by atoms with Crippen molar-refractivity contribution in [3.05, 3.63) is 53.8 Å². The van der Waals surface area contributed by atoms with E-state index in [4.69, 9.17) is 9.47 Å². The van der Waals surface area contributed by atoms with Crippen LogP contribution in [0.25, 0.3) is 0 Å². The summed E-state index contributed by atoms with van der Waals surface area (Å²) in [5.41, 5.74) is 0.691. The predicted molar refractivity (Wildman–Crippen MR) is 115 cm³/mol. The molecule has 8 heteroatoms. The predicted octanol–water partition coefficient (Wildman–Crippen LogP) is 3.29. The summed E-state index contributed by atoms with van der Waals surface area (Å²) < 4.78 is 24.0. The third-order valence-corrected chi connectivity index (χ3v) is 3.65. The van der Waals surface area contributed by atoms with Crippen LogP contribution in [-0.4, -0.2) is 37.9 Å². The lowest BCUT2D eigenvalue weighted by atomic mass is 10.2. The maximum absolute atomic E-state index is 13.2. The van der Waals surface area contributed by atoms with Gasteiger partial charge in [-0.2, -0.15) is 0 Å². The summed E-state index contributed by atoms with van der Waals surface area (Å²) in [6.07, 6.45) is -0.194. The number of phenolic OH excluding ortho intramolecular Hbond substituents is 1. The van der Waals surface area contributed by atoms with Crippen LogP contribution in [0.3, 0.4) is 0 Å². The van der Waals surface area contributed by atoms with E-state index in [1.807, 2.05) is 6.92 Å². The first-order chi connectivity index (χ1) is 12.5. The molecule has 0 spiro atoms. The number of ether oxygens (including phenoxy) is 2. The molecule has 0 aromatic heterocycles. The first-order valence-electron chi connectivity index (χ1n) is 8.24. The van der Waals surface area contributed by atoms with Crippen LogP contribution in [0.4, 0.5) is 4.39 Å². The van der Waals surface area contributed by atoms with E-state index in [0.717, 1.165) is 0 Å². The number of phenols is 1. The van der Waals surface area contributed by atoms with E-state index in [2.05, 4.69) is 15.6 Å². The minimum absolute atomic E-state index is 0. The zero-order valence-corrected chi connectivity index (χ0v) is 17.9. The molecule has 0 aliphatic carbocycles. The second-order valence-electron chi connectivity index (χ2n) is 5.69. The summed E-state index contributed by atoms with van der Waals surface area (Å²) in [7, 11) is 3.23. The number of nitrogens with zero attached hydrogens (tertiary/aromatic N) is 1. The van der Waals surface area contributed by atoms with E-state index in [1.54, 1.807) is 44.5 Å². The number of aromatic hydroxyl groups is 1. The number of guanidine groups is 1. The molecule has 2 aromatic rings. The summed E-state index contributed by atoms with van der Waals surface area (Å²) in [5, 5.41) is 16.2. The average molecular weight is 489 g/mol. The Balaban J connectivity index is 0.00000364. The largest absolute Gasteiger partial charge is 0.508 e. The first kappa shape index (κ1) is 22.8. The van der Waals surface area contributed by atoms with Crippen LogP contribution in [0.5, 0.6) is 17.2 Å². The summed E-state index contributed by atoms with van der Waals surface area (Å²) >= 11 is 0. The quantitative estimate of drug-likeness (QED) is 0.316. The molecule has 0 heterocycles. The number of rotatable bonds is 7. The molecule has 1 atom stereocenters. The van der Waals surface area contributed by atoms with Gasteiger partial charge in [-0.05, 0) is 37.3 Å². The third-order valence-electron chi connectivity index (χ3n) is 3.65. The highest BCUT2D eigenvalue weighted by molar-refractivity contribution is 14.0.